The van der Waals surface area contributed by atoms with E-state index in [1.165, 1.54) is 0 Å². The summed E-state index contributed by atoms with van der Waals surface area (Å²) in [5, 5.41) is 4.42. The number of hydrogen-bond donors (Lipinski definition) is 1. The second kappa shape index (κ2) is 5.31. The van der Waals surface area contributed by atoms with Crippen LogP contribution in [0.25, 0.3) is 0 Å². The molecule has 1 N–H and O–H groups in total. The van der Waals surface area contributed by atoms with Crippen LogP contribution in [0.5, 0.6) is 0 Å². The maximum Gasteiger partial charge on any atom is 0.168 e. The lowest BCUT2D eigenvalue weighted by molar-refractivity contribution is -0.177. The van der Waals surface area contributed by atoms with Crippen LogP contribution < -0.4 is 5.32 Å². The Hall–Kier alpha value is -0.770. The van der Waals surface area contributed by atoms with E-state index in [0.29, 0.717) is 6.04 Å². The first-order valence-corrected chi connectivity index (χ1v) is 7.36. The van der Waals surface area contributed by atoms with Crippen molar-refractivity contribution in [1.82, 2.24) is 0 Å². The zero-order valence-electron chi connectivity index (χ0n) is 11.2. The van der Waals surface area contributed by atoms with Gasteiger partial charge in [0, 0.05) is 29.6 Å². The summed E-state index contributed by atoms with van der Waals surface area (Å²) in [5.41, 5.74) is 2.26. The van der Waals surface area contributed by atoms with E-state index in [9.17, 15) is 0 Å². The van der Waals surface area contributed by atoms with Gasteiger partial charge >= 0.3 is 0 Å². The first kappa shape index (κ1) is 13.2. The van der Waals surface area contributed by atoms with Gasteiger partial charge in [0.25, 0.3) is 0 Å². The third-order valence-electron chi connectivity index (χ3n) is 4.19. The summed E-state index contributed by atoms with van der Waals surface area (Å²) in [4.78, 5) is 0. The number of ether oxygens (including phenoxy) is 2. The molecule has 2 fully saturated rings. The predicted octanol–water partition coefficient (Wildman–Crippen LogP) is 3.75. The van der Waals surface area contributed by atoms with Crippen LogP contribution in [0.1, 0.15) is 31.2 Å². The van der Waals surface area contributed by atoms with Crippen molar-refractivity contribution in [3.05, 3.63) is 28.8 Å². The summed E-state index contributed by atoms with van der Waals surface area (Å²) in [6.45, 7) is 3.54. The summed E-state index contributed by atoms with van der Waals surface area (Å²) < 4.78 is 11.5. The van der Waals surface area contributed by atoms with Gasteiger partial charge in [0.15, 0.2) is 5.79 Å². The third kappa shape index (κ3) is 2.73. The van der Waals surface area contributed by atoms with Crippen LogP contribution >= 0.6 is 11.6 Å². The highest BCUT2D eigenvalue weighted by Crippen LogP contribution is 2.37. The number of anilines is 1. The molecular weight excluding hydrogens is 262 g/mol. The molecule has 0 aromatic heterocycles. The molecule has 1 aliphatic heterocycles. The van der Waals surface area contributed by atoms with Gasteiger partial charge in [-0.2, -0.15) is 0 Å². The van der Waals surface area contributed by atoms with E-state index in [2.05, 4.69) is 18.3 Å². The first-order chi connectivity index (χ1) is 9.19. The number of halogens is 1. The maximum atomic E-state index is 6.15. The summed E-state index contributed by atoms with van der Waals surface area (Å²) in [5.74, 6) is -0.276. The van der Waals surface area contributed by atoms with Gasteiger partial charge in [-0.3, -0.25) is 0 Å². The van der Waals surface area contributed by atoms with E-state index in [-0.39, 0.29) is 5.79 Å². The fourth-order valence-corrected chi connectivity index (χ4v) is 3.15. The average molecular weight is 282 g/mol. The van der Waals surface area contributed by atoms with E-state index in [4.69, 9.17) is 21.1 Å². The standard InChI is InChI=1S/C15H20ClNO2/c1-11-13(16)3-2-4-14(11)17-12-5-7-15(8-6-12)18-9-10-19-15/h2-4,12,17H,5-10H2,1H3. The Kier molecular flexibility index (Phi) is 3.70. The number of rotatable bonds is 2. The summed E-state index contributed by atoms with van der Waals surface area (Å²) >= 11 is 6.15. The van der Waals surface area contributed by atoms with Gasteiger partial charge in [0.2, 0.25) is 0 Å². The molecule has 104 valence electrons. The number of hydrogen-bond acceptors (Lipinski definition) is 3. The third-order valence-corrected chi connectivity index (χ3v) is 4.60. The van der Waals surface area contributed by atoms with Gasteiger partial charge < -0.3 is 14.8 Å². The van der Waals surface area contributed by atoms with Crippen molar-refractivity contribution < 1.29 is 9.47 Å². The molecule has 0 radical (unpaired) electrons. The molecule has 1 aliphatic carbocycles. The summed E-state index contributed by atoms with van der Waals surface area (Å²) in [7, 11) is 0. The highest BCUT2D eigenvalue weighted by molar-refractivity contribution is 6.31. The van der Waals surface area contributed by atoms with Gasteiger partial charge in [-0.05, 0) is 37.5 Å². The van der Waals surface area contributed by atoms with Crippen LogP contribution in [0.2, 0.25) is 5.02 Å². The largest absolute Gasteiger partial charge is 0.382 e. The Labute approximate surface area is 119 Å². The Bertz CT molecular complexity index is 447. The van der Waals surface area contributed by atoms with E-state index < -0.39 is 0 Å². The van der Waals surface area contributed by atoms with Crippen molar-refractivity contribution >= 4 is 17.3 Å². The normalized spacial score (nSPS) is 22.8. The van der Waals surface area contributed by atoms with Gasteiger partial charge in [-0.25, -0.2) is 0 Å². The highest BCUT2D eigenvalue weighted by atomic mass is 35.5. The lowest BCUT2D eigenvalue weighted by Crippen LogP contribution is -2.39. The lowest BCUT2D eigenvalue weighted by Gasteiger charge is -2.36. The minimum atomic E-state index is -0.276. The molecule has 1 spiro atoms. The van der Waals surface area contributed by atoms with Gasteiger partial charge in [0.1, 0.15) is 0 Å². The Morgan fingerprint density at radius 3 is 2.58 bits per heavy atom. The smallest absolute Gasteiger partial charge is 0.168 e. The minimum Gasteiger partial charge on any atom is -0.382 e. The van der Waals surface area contributed by atoms with Crippen molar-refractivity contribution in [1.29, 1.82) is 0 Å². The summed E-state index contributed by atoms with van der Waals surface area (Å²) in [6, 6.07) is 6.49. The van der Waals surface area contributed by atoms with Crippen molar-refractivity contribution in [3.63, 3.8) is 0 Å². The fourth-order valence-electron chi connectivity index (χ4n) is 2.97. The molecule has 0 amide bonds. The molecule has 1 heterocycles. The molecule has 0 unspecified atom stereocenters. The molecule has 0 bridgehead atoms. The Morgan fingerprint density at radius 2 is 1.89 bits per heavy atom. The van der Waals surface area contributed by atoms with Gasteiger partial charge in [-0.1, -0.05) is 17.7 Å². The van der Waals surface area contributed by atoms with E-state index >= 15 is 0 Å². The number of nitrogens with one attached hydrogen (secondary N) is 1. The molecule has 1 aromatic carbocycles. The summed E-state index contributed by atoms with van der Waals surface area (Å²) in [6.07, 6.45) is 4.10. The molecule has 1 saturated carbocycles. The molecule has 3 nitrogen and oxygen atoms in total. The SMILES string of the molecule is Cc1c(Cl)cccc1NC1CCC2(CC1)OCCO2. The molecule has 19 heavy (non-hydrogen) atoms. The maximum absolute atomic E-state index is 6.15. The van der Waals surface area contributed by atoms with E-state index in [0.717, 1.165) is 55.2 Å². The Morgan fingerprint density at radius 1 is 1.21 bits per heavy atom. The minimum absolute atomic E-state index is 0.276. The van der Waals surface area contributed by atoms with Crippen LogP contribution in [0.4, 0.5) is 5.69 Å². The molecular formula is C15H20ClNO2. The molecule has 0 atom stereocenters. The van der Waals surface area contributed by atoms with Crippen molar-refractivity contribution in [3.8, 4) is 0 Å². The van der Waals surface area contributed by atoms with E-state index in [1.807, 2.05) is 12.1 Å². The van der Waals surface area contributed by atoms with Gasteiger partial charge in [0.05, 0.1) is 13.2 Å². The van der Waals surface area contributed by atoms with Crippen LogP contribution in [-0.4, -0.2) is 25.0 Å². The first-order valence-electron chi connectivity index (χ1n) is 6.98. The molecule has 1 saturated heterocycles. The molecule has 3 rings (SSSR count). The van der Waals surface area contributed by atoms with Crippen LogP contribution in [0, 0.1) is 6.92 Å². The van der Waals surface area contributed by atoms with Crippen molar-refractivity contribution in [2.24, 2.45) is 0 Å². The van der Waals surface area contributed by atoms with Gasteiger partial charge in [-0.15, -0.1) is 0 Å². The molecule has 4 heteroatoms. The lowest BCUT2D eigenvalue weighted by atomic mass is 9.89. The highest BCUT2D eigenvalue weighted by Gasteiger charge is 2.40. The van der Waals surface area contributed by atoms with E-state index in [1.54, 1.807) is 0 Å². The second-order valence-corrected chi connectivity index (χ2v) is 5.85. The van der Waals surface area contributed by atoms with Crippen LogP contribution in [0.15, 0.2) is 18.2 Å². The average Bonchev–Trinajstić information content (AvgIpc) is 2.86. The Balaban J connectivity index is 1.61. The monoisotopic (exact) mass is 281 g/mol. The predicted molar refractivity (Wildman–Crippen MR) is 76.7 cm³/mol. The molecule has 2 aliphatic rings. The van der Waals surface area contributed by atoms with Crippen LogP contribution in [-0.2, 0) is 9.47 Å². The quantitative estimate of drug-likeness (QED) is 0.896. The zero-order valence-corrected chi connectivity index (χ0v) is 12.0. The van der Waals surface area contributed by atoms with Crippen molar-refractivity contribution in [2.75, 3.05) is 18.5 Å². The number of benzene rings is 1. The van der Waals surface area contributed by atoms with Crippen LogP contribution in [0.3, 0.4) is 0 Å². The van der Waals surface area contributed by atoms with Crippen molar-refractivity contribution in [2.45, 2.75) is 44.4 Å². The molecule has 1 aromatic rings. The zero-order chi connectivity index (χ0) is 13.3. The fraction of sp³-hybridized carbons (Fsp3) is 0.600. The topological polar surface area (TPSA) is 30.5 Å². The second-order valence-electron chi connectivity index (χ2n) is 5.44.